The number of pyridine rings is 1. The lowest BCUT2D eigenvalue weighted by Crippen LogP contribution is -2.33. The molecule has 2 aliphatic rings. The van der Waals surface area contributed by atoms with Crippen LogP contribution in [0.25, 0.3) is 11.7 Å². The summed E-state index contributed by atoms with van der Waals surface area (Å²) in [5.41, 5.74) is 3.03. The van der Waals surface area contributed by atoms with E-state index in [9.17, 15) is 9.59 Å². The molecule has 1 amide bonds. The van der Waals surface area contributed by atoms with Gasteiger partial charge < -0.3 is 4.90 Å². The second-order valence-corrected chi connectivity index (χ2v) is 10.4. The van der Waals surface area contributed by atoms with Crippen molar-refractivity contribution in [2.24, 2.45) is 0 Å². The normalized spacial score (nSPS) is 17.9. The number of anilines is 1. The number of aromatic nitrogens is 2. The molecule has 3 aromatic rings. The maximum Gasteiger partial charge on any atom is 0.267 e. The Morgan fingerprint density at radius 2 is 1.82 bits per heavy atom. The molecule has 8 heteroatoms. The molecule has 2 saturated heterocycles. The Labute approximate surface area is 208 Å². The molecule has 0 radical (unpaired) electrons. The van der Waals surface area contributed by atoms with E-state index in [2.05, 4.69) is 4.90 Å². The number of carbonyl (C=O) groups excluding carboxylic acids is 1. The minimum atomic E-state index is -0.163. The largest absolute Gasteiger partial charge is 0.356 e. The molecule has 6 nitrogen and oxygen atoms in total. The van der Waals surface area contributed by atoms with Crippen molar-refractivity contribution in [2.75, 3.05) is 24.5 Å². The van der Waals surface area contributed by atoms with Crippen molar-refractivity contribution in [3.05, 3.63) is 80.6 Å². The first kappa shape index (κ1) is 22.8. The Morgan fingerprint density at radius 3 is 2.59 bits per heavy atom. The molecule has 0 atom stereocenters. The molecule has 0 N–H and O–H groups in total. The first-order valence-corrected chi connectivity index (χ1v) is 12.8. The molecule has 0 bridgehead atoms. The minimum Gasteiger partial charge on any atom is -0.356 e. The summed E-state index contributed by atoms with van der Waals surface area (Å²) < 4.78 is 2.10. The molecule has 34 heavy (non-hydrogen) atoms. The van der Waals surface area contributed by atoms with Crippen LogP contribution in [0, 0.1) is 6.92 Å². The Hall–Kier alpha value is -2.97. The van der Waals surface area contributed by atoms with E-state index >= 15 is 0 Å². The first-order valence-electron chi connectivity index (χ1n) is 11.6. The average molecular weight is 491 g/mol. The SMILES string of the molecule is Cc1ccc2nc(N3CCCCC3)c(C=C3SC(=S)N(CCc4ccccc4)C3=O)c(=O)n2c1. The lowest BCUT2D eigenvalue weighted by Gasteiger charge is -2.29. The third kappa shape index (κ3) is 4.52. The summed E-state index contributed by atoms with van der Waals surface area (Å²) in [5, 5.41) is 0. The van der Waals surface area contributed by atoms with Crippen LogP contribution in [0.5, 0.6) is 0 Å². The molecule has 2 aromatic heterocycles. The van der Waals surface area contributed by atoms with Gasteiger partial charge in [-0.3, -0.25) is 18.9 Å². The highest BCUT2D eigenvalue weighted by Crippen LogP contribution is 2.34. The van der Waals surface area contributed by atoms with E-state index in [0.29, 0.717) is 32.8 Å². The highest BCUT2D eigenvalue weighted by molar-refractivity contribution is 8.26. The maximum absolute atomic E-state index is 13.6. The maximum atomic E-state index is 13.6. The number of benzene rings is 1. The number of thioether (sulfide) groups is 1. The number of carbonyl (C=O) groups is 1. The Bertz CT molecular complexity index is 1340. The summed E-state index contributed by atoms with van der Waals surface area (Å²) in [6.45, 7) is 4.17. The topological polar surface area (TPSA) is 57.9 Å². The van der Waals surface area contributed by atoms with Crippen LogP contribution in [0.15, 0.2) is 58.4 Å². The zero-order chi connectivity index (χ0) is 23.7. The number of fused-ring (bicyclic) bond motifs is 1. The predicted molar refractivity (Wildman–Crippen MR) is 142 cm³/mol. The molecule has 5 rings (SSSR count). The lowest BCUT2D eigenvalue weighted by atomic mass is 10.1. The monoisotopic (exact) mass is 490 g/mol. The van der Waals surface area contributed by atoms with Gasteiger partial charge in [-0.2, -0.15) is 0 Å². The smallest absolute Gasteiger partial charge is 0.267 e. The Morgan fingerprint density at radius 1 is 1.06 bits per heavy atom. The van der Waals surface area contributed by atoms with E-state index in [-0.39, 0.29) is 11.5 Å². The number of piperidine rings is 1. The predicted octanol–water partition coefficient (Wildman–Crippen LogP) is 4.44. The van der Waals surface area contributed by atoms with Crippen LogP contribution in [-0.4, -0.2) is 44.1 Å². The first-order chi connectivity index (χ1) is 16.5. The zero-order valence-corrected chi connectivity index (χ0v) is 20.7. The van der Waals surface area contributed by atoms with Crippen molar-refractivity contribution < 1.29 is 4.79 Å². The standard InChI is InChI=1S/C26H26N4O2S2/c1-18-10-11-22-27-23(28-13-6-3-7-14-28)20(24(31)30(22)17-18)16-21-25(32)29(26(33)34-21)15-12-19-8-4-2-5-9-19/h2,4-5,8-11,16-17H,3,6-7,12-15H2,1H3. The van der Waals surface area contributed by atoms with Crippen molar-refractivity contribution >= 4 is 51.7 Å². The summed E-state index contributed by atoms with van der Waals surface area (Å²) in [7, 11) is 0. The summed E-state index contributed by atoms with van der Waals surface area (Å²) in [6, 6.07) is 13.9. The third-order valence-electron chi connectivity index (χ3n) is 6.26. The number of aryl methyl sites for hydroxylation is 1. The van der Waals surface area contributed by atoms with Gasteiger partial charge in [-0.1, -0.05) is 60.4 Å². The average Bonchev–Trinajstić information content (AvgIpc) is 3.13. The van der Waals surface area contributed by atoms with E-state index in [1.165, 1.54) is 18.2 Å². The van der Waals surface area contributed by atoms with Gasteiger partial charge in [0.2, 0.25) is 0 Å². The molecule has 0 spiro atoms. The fraction of sp³-hybridized carbons (Fsp3) is 0.308. The fourth-order valence-corrected chi connectivity index (χ4v) is 5.72. The molecule has 0 unspecified atom stereocenters. The highest BCUT2D eigenvalue weighted by Gasteiger charge is 2.32. The fourth-order valence-electron chi connectivity index (χ4n) is 4.43. The second kappa shape index (κ2) is 9.72. The van der Waals surface area contributed by atoms with Gasteiger partial charge in [0, 0.05) is 25.8 Å². The van der Waals surface area contributed by atoms with E-state index in [1.807, 2.05) is 49.4 Å². The molecule has 0 saturated carbocycles. The number of nitrogens with zero attached hydrogens (tertiary/aromatic N) is 4. The summed E-state index contributed by atoms with van der Waals surface area (Å²) in [4.78, 5) is 36.0. The molecule has 1 aromatic carbocycles. The van der Waals surface area contributed by atoms with Crippen LogP contribution in [0.3, 0.4) is 0 Å². The van der Waals surface area contributed by atoms with E-state index in [1.54, 1.807) is 21.6 Å². The van der Waals surface area contributed by atoms with Crippen molar-refractivity contribution in [3.8, 4) is 0 Å². The number of rotatable bonds is 5. The minimum absolute atomic E-state index is 0.149. The van der Waals surface area contributed by atoms with E-state index in [4.69, 9.17) is 17.2 Å². The Kier molecular flexibility index (Phi) is 6.52. The Balaban J connectivity index is 1.52. The number of hydrogen-bond donors (Lipinski definition) is 0. The lowest BCUT2D eigenvalue weighted by molar-refractivity contribution is -0.122. The van der Waals surface area contributed by atoms with Gasteiger partial charge in [-0.15, -0.1) is 0 Å². The molecule has 2 aliphatic heterocycles. The second-order valence-electron chi connectivity index (χ2n) is 8.71. The van der Waals surface area contributed by atoms with Crippen molar-refractivity contribution in [3.63, 3.8) is 0 Å². The van der Waals surface area contributed by atoms with Crippen LogP contribution in [0.4, 0.5) is 5.82 Å². The number of amides is 1. The molecular weight excluding hydrogens is 464 g/mol. The molecule has 2 fully saturated rings. The highest BCUT2D eigenvalue weighted by atomic mass is 32.2. The zero-order valence-electron chi connectivity index (χ0n) is 19.1. The summed E-state index contributed by atoms with van der Waals surface area (Å²) in [5.74, 6) is 0.507. The van der Waals surface area contributed by atoms with Gasteiger partial charge in [0.15, 0.2) is 0 Å². The molecule has 174 valence electrons. The number of thiocarbonyl (C=S) groups is 1. The van der Waals surface area contributed by atoms with Gasteiger partial charge in [0.1, 0.15) is 15.8 Å². The van der Waals surface area contributed by atoms with Crippen LogP contribution in [-0.2, 0) is 11.2 Å². The van der Waals surface area contributed by atoms with E-state index < -0.39 is 0 Å². The van der Waals surface area contributed by atoms with Crippen LogP contribution in [0.1, 0.15) is 36.0 Å². The van der Waals surface area contributed by atoms with Crippen molar-refractivity contribution in [1.29, 1.82) is 0 Å². The quantitative estimate of drug-likeness (QED) is 0.389. The van der Waals surface area contributed by atoms with Crippen LogP contribution >= 0.6 is 24.0 Å². The molecule has 0 aliphatic carbocycles. The summed E-state index contributed by atoms with van der Waals surface area (Å²) >= 11 is 6.79. The molecule has 4 heterocycles. The van der Waals surface area contributed by atoms with Crippen molar-refractivity contribution in [2.45, 2.75) is 32.6 Å². The van der Waals surface area contributed by atoms with Gasteiger partial charge in [-0.05, 0) is 55.9 Å². The van der Waals surface area contributed by atoms with Gasteiger partial charge in [0.25, 0.3) is 11.5 Å². The third-order valence-corrected chi connectivity index (χ3v) is 7.63. The summed E-state index contributed by atoms with van der Waals surface area (Å²) in [6.07, 6.45) is 7.53. The molecular formula is C26H26N4O2S2. The van der Waals surface area contributed by atoms with Crippen LogP contribution in [0.2, 0.25) is 0 Å². The van der Waals surface area contributed by atoms with Crippen LogP contribution < -0.4 is 10.5 Å². The van der Waals surface area contributed by atoms with Gasteiger partial charge in [-0.25, -0.2) is 4.98 Å². The van der Waals surface area contributed by atoms with Crippen molar-refractivity contribution in [1.82, 2.24) is 14.3 Å². The number of hydrogen-bond acceptors (Lipinski definition) is 6. The van der Waals surface area contributed by atoms with Gasteiger partial charge in [0.05, 0.1) is 10.5 Å². The van der Waals surface area contributed by atoms with Gasteiger partial charge >= 0.3 is 0 Å². The van der Waals surface area contributed by atoms with E-state index in [0.717, 1.165) is 43.5 Å².